The Hall–Kier alpha value is -1.37. The van der Waals surface area contributed by atoms with E-state index in [1.54, 1.807) is 0 Å². The lowest BCUT2D eigenvalue weighted by Gasteiger charge is -2.12. The molecule has 2 aromatic rings. The van der Waals surface area contributed by atoms with Gasteiger partial charge in [0.25, 0.3) is 0 Å². The van der Waals surface area contributed by atoms with E-state index in [1.807, 2.05) is 18.2 Å². The lowest BCUT2D eigenvalue weighted by molar-refractivity contribution is 0.445. The third kappa shape index (κ3) is 4.30. The SMILES string of the molecule is Cc1c([C@H](C)NCCCNS(C)(=O)=O)oc2ccccc12. The number of hydrogen-bond acceptors (Lipinski definition) is 4. The summed E-state index contributed by atoms with van der Waals surface area (Å²) < 4.78 is 30.3. The molecule has 0 unspecified atom stereocenters. The first kappa shape index (κ1) is 16.0. The summed E-state index contributed by atoms with van der Waals surface area (Å²) >= 11 is 0. The molecule has 1 atom stereocenters. The molecule has 0 aliphatic rings. The highest BCUT2D eigenvalue weighted by Crippen LogP contribution is 2.28. The average Bonchev–Trinajstić information content (AvgIpc) is 2.75. The molecular formula is C15H22N2O3S. The van der Waals surface area contributed by atoms with Gasteiger partial charge in [0.2, 0.25) is 10.0 Å². The monoisotopic (exact) mass is 310 g/mol. The maximum absolute atomic E-state index is 10.9. The number of furan rings is 1. The van der Waals surface area contributed by atoms with Crippen molar-refractivity contribution in [3.05, 3.63) is 35.6 Å². The van der Waals surface area contributed by atoms with Crippen LogP contribution in [-0.4, -0.2) is 27.8 Å². The van der Waals surface area contributed by atoms with E-state index in [9.17, 15) is 8.42 Å². The number of sulfonamides is 1. The zero-order valence-corrected chi connectivity index (χ0v) is 13.5. The molecule has 2 N–H and O–H groups in total. The molecule has 1 aromatic heterocycles. The third-order valence-corrected chi connectivity index (χ3v) is 4.17. The molecule has 0 aliphatic carbocycles. The first-order valence-corrected chi connectivity index (χ1v) is 8.93. The minimum Gasteiger partial charge on any atom is -0.459 e. The van der Waals surface area contributed by atoms with Crippen molar-refractivity contribution < 1.29 is 12.8 Å². The molecule has 116 valence electrons. The number of aryl methyl sites for hydroxylation is 1. The van der Waals surface area contributed by atoms with Gasteiger partial charge in [-0.3, -0.25) is 0 Å². The number of fused-ring (bicyclic) bond motifs is 1. The van der Waals surface area contributed by atoms with Gasteiger partial charge < -0.3 is 9.73 Å². The van der Waals surface area contributed by atoms with Gasteiger partial charge >= 0.3 is 0 Å². The highest BCUT2D eigenvalue weighted by Gasteiger charge is 2.15. The molecule has 0 spiro atoms. The molecule has 21 heavy (non-hydrogen) atoms. The van der Waals surface area contributed by atoms with E-state index in [0.29, 0.717) is 6.54 Å². The fourth-order valence-corrected chi connectivity index (χ4v) is 2.88. The summed E-state index contributed by atoms with van der Waals surface area (Å²) in [6, 6.07) is 8.08. The van der Waals surface area contributed by atoms with Gasteiger partial charge in [-0.2, -0.15) is 0 Å². The third-order valence-electron chi connectivity index (χ3n) is 3.44. The molecule has 1 aromatic carbocycles. The summed E-state index contributed by atoms with van der Waals surface area (Å²) in [4.78, 5) is 0. The Morgan fingerprint density at radius 2 is 1.95 bits per heavy atom. The Bertz CT molecular complexity index is 707. The second kappa shape index (κ2) is 6.60. The van der Waals surface area contributed by atoms with Crippen molar-refractivity contribution in [2.75, 3.05) is 19.3 Å². The second-order valence-electron chi connectivity index (χ2n) is 5.28. The molecule has 1 heterocycles. The van der Waals surface area contributed by atoms with E-state index in [2.05, 4.69) is 30.0 Å². The Morgan fingerprint density at radius 1 is 1.24 bits per heavy atom. The number of nitrogens with one attached hydrogen (secondary N) is 2. The average molecular weight is 310 g/mol. The van der Waals surface area contributed by atoms with Crippen LogP contribution in [0.4, 0.5) is 0 Å². The van der Waals surface area contributed by atoms with E-state index in [1.165, 1.54) is 6.26 Å². The van der Waals surface area contributed by atoms with E-state index >= 15 is 0 Å². The Labute approximate surface area is 125 Å². The Kier molecular flexibility index (Phi) is 5.03. The number of para-hydroxylation sites is 1. The quantitative estimate of drug-likeness (QED) is 0.770. The molecule has 0 bridgehead atoms. The van der Waals surface area contributed by atoms with Crippen molar-refractivity contribution in [2.45, 2.75) is 26.3 Å². The van der Waals surface area contributed by atoms with Crippen LogP contribution in [0.2, 0.25) is 0 Å². The molecule has 0 saturated carbocycles. The fraction of sp³-hybridized carbons (Fsp3) is 0.467. The summed E-state index contributed by atoms with van der Waals surface area (Å²) in [5, 5.41) is 4.50. The van der Waals surface area contributed by atoms with Gasteiger partial charge in [-0.1, -0.05) is 18.2 Å². The predicted molar refractivity (Wildman–Crippen MR) is 84.8 cm³/mol. The van der Waals surface area contributed by atoms with Gasteiger partial charge in [-0.05, 0) is 38.4 Å². The van der Waals surface area contributed by atoms with Crippen molar-refractivity contribution in [1.82, 2.24) is 10.0 Å². The molecule has 0 saturated heterocycles. The summed E-state index contributed by atoms with van der Waals surface area (Å²) in [7, 11) is -3.10. The Morgan fingerprint density at radius 3 is 2.62 bits per heavy atom. The molecular weight excluding hydrogens is 288 g/mol. The zero-order chi connectivity index (χ0) is 15.5. The van der Waals surface area contributed by atoms with Gasteiger partial charge in [-0.25, -0.2) is 13.1 Å². The molecule has 0 amide bonds. The second-order valence-corrected chi connectivity index (χ2v) is 7.12. The van der Waals surface area contributed by atoms with Gasteiger partial charge in [0.05, 0.1) is 12.3 Å². The summed E-state index contributed by atoms with van der Waals surface area (Å²) in [6.45, 7) is 5.27. The van der Waals surface area contributed by atoms with Crippen LogP contribution < -0.4 is 10.0 Å². The lowest BCUT2D eigenvalue weighted by Crippen LogP contribution is -2.27. The van der Waals surface area contributed by atoms with Crippen LogP contribution >= 0.6 is 0 Å². The van der Waals surface area contributed by atoms with Crippen LogP contribution in [0, 0.1) is 6.92 Å². The maximum atomic E-state index is 10.9. The fourth-order valence-electron chi connectivity index (χ4n) is 2.36. The van der Waals surface area contributed by atoms with E-state index in [4.69, 9.17) is 4.42 Å². The van der Waals surface area contributed by atoms with Crippen LogP contribution in [0.5, 0.6) is 0 Å². The van der Waals surface area contributed by atoms with Gasteiger partial charge in [-0.15, -0.1) is 0 Å². The number of rotatable bonds is 7. The highest BCUT2D eigenvalue weighted by atomic mass is 32.2. The van der Waals surface area contributed by atoms with Crippen LogP contribution in [-0.2, 0) is 10.0 Å². The van der Waals surface area contributed by atoms with Crippen LogP contribution in [0.3, 0.4) is 0 Å². The molecule has 6 heteroatoms. The standard InChI is InChI=1S/C15H22N2O3S/c1-11-13-7-4-5-8-14(13)20-15(11)12(2)16-9-6-10-17-21(3,18)19/h4-5,7-8,12,16-17H,6,9-10H2,1-3H3/t12-/m0/s1. The molecule has 0 fully saturated rings. The topological polar surface area (TPSA) is 71.3 Å². The van der Waals surface area contributed by atoms with Crippen molar-refractivity contribution in [3.63, 3.8) is 0 Å². The van der Waals surface area contributed by atoms with Crippen LogP contribution in [0.1, 0.15) is 30.7 Å². The van der Waals surface area contributed by atoms with Gasteiger partial charge in [0.15, 0.2) is 0 Å². The summed E-state index contributed by atoms with van der Waals surface area (Å²) in [6.07, 6.45) is 1.90. The minimum absolute atomic E-state index is 0.0932. The van der Waals surface area contributed by atoms with Crippen LogP contribution in [0.15, 0.2) is 28.7 Å². The van der Waals surface area contributed by atoms with Gasteiger partial charge in [0.1, 0.15) is 11.3 Å². The zero-order valence-electron chi connectivity index (χ0n) is 12.6. The smallest absolute Gasteiger partial charge is 0.208 e. The van der Waals surface area contributed by atoms with Crippen molar-refractivity contribution in [3.8, 4) is 0 Å². The van der Waals surface area contributed by atoms with Crippen molar-refractivity contribution in [1.29, 1.82) is 0 Å². The number of hydrogen-bond donors (Lipinski definition) is 2. The van der Waals surface area contributed by atoms with Crippen LogP contribution in [0.25, 0.3) is 11.0 Å². The van der Waals surface area contributed by atoms with E-state index in [0.717, 1.165) is 35.3 Å². The summed E-state index contributed by atoms with van der Waals surface area (Å²) in [5.74, 6) is 0.937. The Balaban J connectivity index is 1.90. The molecule has 2 rings (SSSR count). The minimum atomic E-state index is -3.10. The normalized spacial score (nSPS) is 13.7. The van der Waals surface area contributed by atoms with Crippen molar-refractivity contribution >= 4 is 21.0 Å². The molecule has 0 aliphatic heterocycles. The molecule has 5 nitrogen and oxygen atoms in total. The van der Waals surface area contributed by atoms with E-state index in [-0.39, 0.29) is 6.04 Å². The lowest BCUT2D eigenvalue weighted by atomic mass is 10.1. The first-order chi connectivity index (χ1) is 9.88. The van der Waals surface area contributed by atoms with Gasteiger partial charge in [0, 0.05) is 11.9 Å². The maximum Gasteiger partial charge on any atom is 0.208 e. The first-order valence-electron chi connectivity index (χ1n) is 7.04. The largest absolute Gasteiger partial charge is 0.459 e. The number of benzene rings is 1. The summed E-state index contributed by atoms with van der Waals surface area (Å²) in [5.41, 5.74) is 2.05. The highest BCUT2D eigenvalue weighted by molar-refractivity contribution is 7.88. The van der Waals surface area contributed by atoms with Crippen molar-refractivity contribution in [2.24, 2.45) is 0 Å². The predicted octanol–water partition coefficient (Wildman–Crippen LogP) is 2.33. The molecule has 0 radical (unpaired) electrons. The van der Waals surface area contributed by atoms with E-state index < -0.39 is 10.0 Å².